The highest BCUT2D eigenvalue weighted by Crippen LogP contribution is 2.30. The Morgan fingerprint density at radius 1 is 0.925 bits per heavy atom. The van der Waals surface area contributed by atoms with Crippen LogP contribution in [0.3, 0.4) is 0 Å². The molecule has 0 spiro atoms. The number of anilines is 1. The lowest BCUT2D eigenvalue weighted by Gasteiger charge is -2.34. The summed E-state index contributed by atoms with van der Waals surface area (Å²) in [4.78, 5) is 29.2. The lowest BCUT2D eigenvalue weighted by atomic mass is 10.0. The summed E-state index contributed by atoms with van der Waals surface area (Å²) < 4.78 is 33.2. The summed E-state index contributed by atoms with van der Waals surface area (Å²) in [7, 11) is -2.44. The Kier molecular flexibility index (Phi) is 11.2. The molecule has 0 radical (unpaired) electrons. The van der Waals surface area contributed by atoms with Crippen LogP contribution in [0.5, 0.6) is 5.75 Å². The van der Waals surface area contributed by atoms with Gasteiger partial charge in [-0.15, -0.1) is 0 Å². The van der Waals surface area contributed by atoms with Gasteiger partial charge in [0.15, 0.2) is 0 Å². The Balaban J connectivity index is 2.06. The van der Waals surface area contributed by atoms with Crippen molar-refractivity contribution in [2.24, 2.45) is 5.92 Å². The lowest BCUT2D eigenvalue weighted by molar-refractivity contribution is -0.140. The molecule has 3 aromatic carbocycles. The normalized spacial score (nSPS) is 12.1. The minimum atomic E-state index is -3.88. The number of hydrogen-bond acceptors (Lipinski definition) is 5. The Labute approximate surface area is 245 Å². The zero-order valence-electron chi connectivity index (χ0n) is 23.2. The smallest absolute Gasteiger partial charge is 0.244 e. The average Bonchev–Trinajstić information content (AvgIpc) is 2.93. The molecule has 0 aromatic heterocycles. The quantitative estimate of drug-likeness (QED) is 0.297. The fourth-order valence-electron chi connectivity index (χ4n) is 4.19. The summed E-state index contributed by atoms with van der Waals surface area (Å²) in [5.74, 6) is -0.287. The molecule has 0 aliphatic heterocycles. The molecule has 0 saturated carbocycles. The number of para-hydroxylation sites is 2. The van der Waals surface area contributed by atoms with Gasteiger partial charge in [0.2, 0.25) is 21.8 Å². The average molecular weight is 631 g/mol. The van der Waals surface area contributed by atoms with Gasteiger partial charge in [-0.2, -0.15) is 0 Å². The van der Waals surface area contributed by atoms with Crippen LogP contribution >= 0.6 is 15.9 Å². The molecule has 40 heavy (non-hydrogen) atoms. The van der Waals surface area contributed by atoms with Crippen LogP contribution in [0, 0.1) is 5.92 Å². The van der Waals surface area contributed by atoms with Gasteiger partial charge in [0, 0.05) is 24.0 Å². The molecule has 0 heterocycles. The first kappa shape index (κ1) is 31.2. The first-order valence-electron chi connectivity index (χ1n) is 13.0. The van der Waals surface area contributed by atoms with Gasteiger partial charge in [-0.05, 0) is 41.3 Å². The van der Waals surface area contributed by atoms with Crippen LogP contribution in [0.25, 0.3) is 0 Å². The fraction of sp³-hybridized carbons (Fsp3) is 0.333. The third kappa shape index (κ3) is 8.82. The van der Waals surface area contributed by atoms with E-state index in [9.17, 15) is 18.0 Å². The Morgan fingerprint density at radius 2 is 1.55 bits per heavy atom. The first-order valence-corrected chi connectivity index (χ1v) is 15.6. The molecule has 1 N–H and O–H groups in total. The number of nitrogens with zero attached hydrogens (tertiary/aromatic N) is 2. The van der Waals surface area contributed by atoms with E-state index in [1.54, 1.807) is 24.3 Å². The minimum Gasteiger partial charge on any atom is -0.495 e. The van der Waals surface area contributed by atoms with Gasteiger partial charge in [-0.1, -0.05) is 84.4 Å². The maximum atomic E-state index is 14.1. The van der Waals surface area contributed by atoms with E-state index in [2.05, 4.69) is 21.2 Å². The number of nitrogens with one attached hydrogen (secondary N) is 1. The summed E-state index contributed by atoms with van der Waals surface area (Å²) in [5, 5.41) is 2.97. The number of halogens is 1. The highest BCUT2D eigenvalue weighted by Gasteiger charge is 2.33. The molecule has 10 heteroatoms. The van der Waals surface area contributed by atoms with Crippen LogP contribution in [0.2, 0.25) is 0 Å². The van der Waals surface area contributed by atoms with Crippen LogP contribution in [0.1, 0.15) is 25.0 Å². The zero-order chi connectivity index (χ0) is 29.3. The molecular weight excluding hydrogens is 594 g/mol. The van der Waals surface area contributed by atoms with Crippen LogP contribution in [0.15, 0.2) is 83.3 Å². The molecule has 0 fully saturated rings. The van der Waals surface area contributed by atoms with Gasteiger partial charge in [-0.3, -0.25) is 13.9 Å². The lowest BCUT2D eigenvalue weighted by Crippen LogP contribution is -2.53. The third-order valence-corrected chi connectivity index (χ3v) is 7.91. The summed E-state index contributed by atoms with van der Waals surface area (Å²) >= 11 is 3.44. The van der Waals surface area contributed by atoms with Crippen molar-refractivity contribution in [2.75, 3.05) is 30.8 Å². The number of sulfonamides is 1. The number of carbonyl (C=O) groups excluding carboxylic acids is 2. The van der Waals surface area contributed by atoms with Crippen molar-refractivity contribution in [1.82, 2.24) is 10.2 Å². The van der Waals surface area contributed by atoms with E-state index < -0.39 is 28.5 Å². The standard InChI is InChI=1S/C30H36BrN3O5S/c1-22(2)19-32-30(36)27(18-23-10-6-5-7-11-23)33(20-24-14-16-25(31)17-15-24)29(35)21-34(40(4,37)38)26-12-8-9-13-28(26)39-3/h5-17,22,27H,18-21H2,1-4H3,(H,32,36)/t27-/m1/s1. The predicted molar refractivity (Wildman–Crippen MR) is 162 cm³/mol. The highest BCUT2D eigenvalue weighted by atomic mass is 79.9. The molecule has 0 saturated heterocycles. The molecule has 0 aliphatic carbocycles. The van der Waals surface area contributed by atoms with Crippen LogP contribution in [-0.4, -0.2) is 57.6 Å². The van der Waals surface area contributed by atoms with E-state index in [0.29, 0.717) is 12.3 Å². The summed E-state index contributed by atoms with van der Waals surface area (Å²) in [6.07, 6.45) is 1.31. The number of hydrogen-bond donors (Lipinski definition) is 1. The number of amides is 2. The van der Waals surface area contributed by atoms with Crippen molar-refractivity contribution in [3.05, 3.63) is 94.5 Å². The maximum Gasteiger partial charge on any atom is 0.244 e. The number of carbonyl (C=O) groups is 2. The van der Waals surface area contributed by atoms with Gasteiger partial charge >= 0.3 is 0 Å². The molecule has 0 aliphatic rings. The van der Waals surface area contributed by atoms with Gasteiger partial charge in [0.25, 0.3) is 0 Å². The number of rotatable bonds is 13. The van der Waals surface area contributed by atoms with Crippen molar-refractivity contribution in [2.45, 2.75) is 32.9 Å². The van der Waals surface area contributed by atoms with E-state index in [1.165, 1.54) is 12.0 Å². The third-order valence-electron chi connectivity index (χ3n) is 6.25. The Hall–Kier alpha value is -3.37. The Morgan fingerprint density at radius 3 is 2.15 bits per heavy atom. The molecule has 1 atom stereocenters. The monoisotopic (exact) mass is 629 g/mol. The largest absolute Gasteiger partial charge is 0.495 e. The second kappa shape index (κ2) is 14.3. The van der Waals surface area contributed by atoms with Crippen LogP contribution < -0.4 is 14.4 Å². The maximum absolute atomic E-state index is 14.1. The molecule has 0 unspecified atom stereocenters. The first-order chi connectivity index (χ1) is 19.0. The molecular formula is C30H36BrN3O5S. The molecule has 214 valence electrons. The van der Waals surface area contributed by atoms with E-state index in [4.69, 9.17) is 4.74 Å². The summed E-state index contributed by atoms with van der Waals surface area (Å²) in [6.45, 7) is 4.05. The van der Waals surface area contributed by atoms with Crippen molar-refractivity contribution < 1.29 is 22.7 Å². The van der Waals surface area contributed by atoms with Gasteiger partial charge in [0.05, 0.1) is 19.1 Å². The van der Waals surface area contributed by atoms with Crippen molar-refractivity contribution >= 4 is 43.5 Å². The van der Waals surface area contributed by atoms with Crippen molar-refractivity contribution in [3.63, 3.8) is 0 Å². The summed E-state index contributed by atoms with van der Waals surface area (Å²) in [5.41, 5.74) is 1.92. The SMILES string of the molecule is COc1ccccc1N(CC(=O)N(Cc1ccc(Br)cc1)[C@H](Cc1ccccc1)C(=O)NCC(C)C)S(C)(=O)=O. The van der Waals surface area contributed by atoms with E-state index in [0.717, 1.165) is 26.2 Å². The number of methoxy groups -OCH3 is 1. The van der Waals surface area contributed by atoms with Gasteiger partial charge in [-0.25, -0.2) is 8.42 Å². The Bertz CT molecular complexity index is 1380. The second-order valence-corrected chi connectivity index (χ2v) is 12.8. The molecule has 2 amide bonds. The second-order valence-electron chi connectivity index (χ2n) is 9.93. The van der Waals surface area contributed by atoms with Gasteiger partial charge in [0.1, 0.15) is 18.3 Å². The van der Waals surface area contributed by atoms with Gasteiger partial charge < -0.3 is 15.0 Å². The number of ether oxygens (including phenoxy) is 1. The van der Waals surface area contributed by atoms with E-state index in [-0.39, 0.29) is 30.5 Å². The predicted octanol–water partition coefficient (Wildman–Crippen LogP) is 4.64. The van der Waals surface area contributed by atoms with Crippen LogP contribution in [0.4, 0.5) is 5.69 Å². The van der Waals surface area contributed by atoms with E-state index in [1.807, 2.05) is 68.4 Å². The topological polar surface area (TPSA) is 96.0 Å². The highest BCUT2D eigenvalue weighted by molar-refractivity contribution is 9.10. The van der Waals surface area contributed by atoms with Crippen LogP contribution in [-0.2, 0) is 32.6 Å². The number of benzene rings is 3. The van der Waals surface area contributed by atoms with E-state index >= 15 is 0 Å². The molecule has 3 rings (SSSR count). The summed E-state index contributed by atoms with van der Waals surface area (Å²) in [6, 6.07) is 22.7. The zero-order valence-corrected chi connectivity index (χ0v) is 25.6. The fourth-order valence-corrected chi connectivity index (χ4v) is 5.31. The molecule has 8 nitrogen and oxygen atoms in total. The molecule has 0 bridgehead atoms. The molecule has 3 aromatic rings. The van der Waals surface area contributed by atoms with Crippen molar-refractivity contribution in [1.29, 1.82) is 0 Å². The minimum absolute atomic E-state index is 0.113. The van der Waals surface area contributed by atoms with Crippen molar-refractivity contribution in [3.8, 4) is 5.75 Å².